The normalized spacial score (nSPS) is 14.3. The lowest BCUT2D eigenvalue weighted by molar-refractivity contribution is -0.140. The average molecular weight is 612 g/mol. The Bertz CT molecular complexity index is 1490. The van der Waals surface area contributed by atoms with Crippen molar-refractivity contribution in [3.05, 3.63) is 88.9 Å². The van der Waals surface area contributed by atoms with E-state index < -0.39 is 28.5 Å². The fourth-order valence-electron chi connectivity index (χ4n) is 5.25. The van der Waals surface area contributed by atoms with E-state index in [4.69, 9.17) is 16.3 Å². The second kappa shape index (κ2) is 14.1. The summed E-state index contributed by atoms with van der Waals surface area (Å²) in [6, 6.07) is 19.4. The molecular formula is C32H38ClN3O5S. The summed E-state index contributed by atoms with van der Waals surface area (Å²) in [5.74, 6) is -0.135. The SMILES string of the molecule is CCC(C(=O)NC1CCCC1)N(Cc1cccc(OC)c1)C(=O)CN(c1cccc(Cl)c1)S(=O)(=O)c1ccc(C)cc1. The van der Waals surface area contributed by atoms with Crippen LogP contribution in [0, 0.1) is 6.92 Å². The zero-order valence-electron chi connectivity index (χ0n) is 24.3. The lowest BCUT2D eigenvalue weighted by Crippen LogP contribution is -2.53. The van der Waals surface area contributed by atoms with Gasteiger partial charge in [0.15, 0.2) is 0 Å². The molecule has 0 heterocycles. The van der Waals surface area contributed by atoms with Gasteiger partial charge in [-0.15, -0.1) is 0 Å². The lowest BCUT2D eigenvalue weighted by atomic mass is 10.1. The second-order valence-electron chi connectivity index (χ2n) is 10.6. The minimum Gasteiger partial charge on any atom is -0.497 e. The van der Waals surface area contributed by atoms with Crippen LogP contribution in [0.15, 0.2) is 77.7 Å². The number of rotatable bonds is 12. The fourth-order valence-corrected chi connectivity index (χ4v) is 6.84. The number of carbonyl (C=O) groups excluding carboxylic acids is 2. The van der Waals surface area contributed by atoms with Crippen molar-refractivity contribution < 1.29 is 22.7 Å². The predicted molar refractivity (Wildman–Crippen MR) is 165 cm³/mol. The van der Waals surface area contributed by atoms with Gasteiger partial charge in [-0.25, -0.2) is 8.42 Å². The van der Waals surface area contributed by atoms with Gasteiger partial charge < -0.3 is 15.0 Å². The van der Waals surface area contributed by atoms with E-state index >= 15 is 0 Å². The standard InChI is InChI=1S/C32H38ClN3O5S/c1-4-30(32(38)34-26-11-5-6-12-26)35(21-24-9-7-14-28(19-24)41-3)31(37)22-36(27-13-8-10-25(33)20-27)42(39,40)29-17-15-23(2)16-18-29/h7-10,13-20,26,30H,4-6,11-12,21-22H2,1-3H3,(H,34,38). The van der Waals surface area contributed by atoms with Gasteiger partial charge in [0.1, 0.15) is 18.3 Å². The summed E-state index contributed by atoms with van der Waals surface area (Å²) in [4.78, 5) is 29.3. The third-order valence-corrected chi connectivity index (χ3v) is 9.58. The third kappa shape index (κ3) is 7.63. The smallest absolute Gasteiger partial charge is 0.264 e. The summed E-state index contributed by atoms with van der Waals surface area (Å²) in [7, 11) is -2.60. The summed E-state index contributed by atoms with van der Waals surface area (Å²) in [5, 5.41) is 3.45. The molecule has 1 aliphatic carbocycles. The van der Waals surface area contributed by atoms with E-state index in [9.17, 15) is 18.0 Å². The quantitative estimate of drug-likeness (QED) is 0.283. The summed E-state index contributed by atoms with van der Waals surface area (Å²) in [5.41, 5.74) is 1.91. The number of aryl methyl sites for hydroxylation is 1. The highest BCUT2D eigenvalue weighted by atomic mass is 35.5. The maximum absolute atomic E-state index is 14.2. The molecule has 8 nitrogen and oxygen atoms in total. The number of nitrogens with zero attached hydrogens (tertiary/aromatic N) is 2. The van der Waals surface area contributed by atoms with Gasteiger partial charge in [0.25, 0.3) is 10.0 Å². The van der Waals surface area contributed by atoms with Gasteiger partial charge in [-0.3, -0.25) is 13.9 Å². The Morgan fingerprint density at radius 2 is 1.71 bits per heavy atom. The number of methoxy groups -OCH3 is 1. The first-order chi connectivity index (χ1) is 20.1. The third-order valence-electron chi connectivity index (χ3n) is 7.56. The van der Waals surface area contributed by atoms with Crippen LogP contribution in [0.5, 0.6) is 5.75 Å². The molecule has 1 atom stereocenters. The predicted octanol–water partition coefficient (Wildman–Crippen LogP) is 5.72. The van der Waals surface area contributed by atoms with Crippen LogP contribution in [0.2, 0.25) is 5.02 Å². The molecule has 3 aromatic rings. The van der Waals surface area contributed by atoms with Gasteiger partial charge >= 0.3 is 0 Å². The van der Waals surface area contributed by atoms with Crippen molar-refractivity contribution in [1.82, 2.24) is 10.2 Å². The Labute approximate surface area is 253 Å². The molecule has 3 aromatic carbocycles. The van der Waals surface area contributed by atoms with Gasteiger partial charge in [-0.1, -0.05) is 67.3 Å². The largest absolute Gasteiger partial charge is 0.497 e. The molecule has 4 rings (SSSR count). The number of nitrogens with one attached hydrogen (secondary N) is 1. The Hall–Kier alpha value is -3.56. The van der Waals surface area contributed by atoms with Crippen LogP contribution in [0.4, 0.5) is 5.69 Å². The fraction of sp³-hybridized carbons (Fsp3) is 0.375. The molecule has 0 bridgehead atoms. The zero-order valence-corrected chi connectivity index (χ0v) is 25.8. The molecule has 1 aliphatic rings. The number of benzene rings is 3. The average Bonchev–Trinajstić information content (AvgIpc) is 3.49. The van der Waals surface area contributed by atoms with Crippen molar-refractivity contribution in [3.63, 3.8) is 0 Å². The van der Waals surface area contributed by atoms with Crippen LogP contribution in [0.1, 0.15) is 50.2 Å². The van der Waals surface area contributed by atoms with Crippen LogP contribution in [-0.4, -0.2) is 50.9 Å². The zero-order chi connectivity index (χ0) is 30.3. The Balaban J connectivity index is 1.72. The first kappa shape index (κ1) is 31.4. The number of amides is 2. The minimum atomic E-state index is -4.16. The molecule has 0 saturated heterocycles. The summed E-state index contributed by atoms with van der Waals surface area (Å²) >= 11 is 6.25. The molecular weight excluding hydrogens is 574 g/mol. The van der Waals surface area contributed by atoms with Gasteiger partial charge in [0.05, 0.1) is 17.7 Å². The molecule has 42 heavy (non-hydrogen) atoms. The van der Waals surface area contributed by atoms with Crippen LogP contribution >= 0.6 is 11.6 Å². The molecule has 1 fully saturated rings. The molecule has 224 valence electrons. The minimum absolute atomic E-state index is 0.0474. The molecule has 0 aliphatic heterocycles. The van der Waals surface area contributed by atoms with Crippen molar-refractivity contribution in [2.75, 3.05) is 18.0 Å². The van der Waals surface area contributed by atoms with Gasteiger partial charge in [-0.05, 0) is 74.2 Å². The molecule has 0 radical (unpaired) electrons. The van der Waals surface area contributed by atoms with Gasteiger partial charge in [0, 0.05) is 17.6 Å². The molecule has 1 unspecified atom stereocenters. The molecule has 1 N–H and O–H groups in total. The highest BCUT2D eigenvalue weighted by Gasteiger charge is 2.34. The highest BCUT2D eigenvalue weighted by molar-refractivity contribution is 7.92. The monoisotopic (exact) mass is 611 g/mol. The molecule has 2 amide bonds. The Morgan fingerprint density at radius 1 is 1.02 bits per heavy atom. The van der Waals surface area contributed by atoms with E-state index in [1.165, 1.54) is 23.1 Å². The van der Waals surface area contributed by atoms with Crippen molar-refractivity contribution in [2.45, 2.75) is 69.5 Å². The molecule has 1 saturated carbocycles. The van der Waals surface area contributed by atoms with E-state index in [1.807, 2.05) is 26.0 Å². The number of carbonyl (C=O) groups is 2. The lowest BCUT2D eigenvalue weighted by Gasteiger charge is -2.34. The number of anilines is 1. The number of hydrogen-bond acceptors (Lipinski definition) is 5. The van der Waals surface area contributed by atoms with Crippen LogP contribution in [0.25, 0.3) is 0 Å². The van der Waals surface area contributed by atoms with Crippen molar-refractivity contribution in [1.29, 1.82) is 0 Å². The first-order valence-electron chi connectivity index (χ1n) is 14.2. The van der Waals surface area contributed by atoms with E-state index in [0.29, 0.717) is 17.2 Å². The maximum atomic E-state index is 14.2. The van der Waals surface area contributed by atoms with E-state index in [-0.39, 0.29) is 29.1 Å². The highest BCUT2D eigenvalue weighted by Crippen LogP contribution is 2.28. The van der Waals surface area contributed by atoms with Crippen molar-refractivity contribution >= 4 is 39.1 Å². The molecule has 0 aromatic heterocycles. The summed E-state index contributed by atoms with van der Waals surface area (Å²) in [6.45, 7) is 3.30. The molecule has 0 spiro atoms. The topological polar surface area (TPSA) is 96.0 Å². The molecule has 10 heteroatoms. The van der Waals surface area contributed by atoms with Crippen LogP contribution in [-0.2, 0) is 26.2 Å². The van der Waals surface area contributed by atoms with Crippen molar-refractivity contribution in [2.24, 2.45) is 0 Å². The number of hydrogen-bond donors (Lipinski definition) is 1. The van der Waals surface area contributed by atoms with E-state index in [0.717, 1.165) is 41.1 Å². The maximum Gasteiger partial charge on any atom is 0.264 e. The summed E-state index contributed by atoms with van der Waals surface area (Å²) in [6.07, 6.45) is 4.28. The second-order valence-corrected chi connectivity index (χ2v) is 12.9. The Morgan fingerprint density at radius 3 is 2.36 bits per heavy atom. The number of sulfonamides is 1. The van der Waals surface area contributed by atoms with E-state index in [1.54, 1.807) is 49.6 Å². The van der Waals surface area contributed by atoms with Crippen LogP contribution in [0.3, 0.4) is 0 Å². The first-order valence-corrected chi connectivity index (χ1v) is 16.0. The van der Waals surface area contributed by atoms with Gasteiger partial charge in [-0.2, -0.15) is 0 Å². The number of halogens is 1. The van der Waals surface area contributed by atoms with Gasteiger partial charge in [0.2, 0.25) is 11.8 Å². The number of ether oxygens (including phenoxy) is 1. The summed E-state index contributed by atoms with van der Waals surface area (Å²) < 4.78 is 34.4. The van der Waals surface area contributed by atoms with E-state index in [2.05, 4.69) is 5.32 Å². The van der Waals surface area contributed by atoms with Crippen molar-refractivity contribution in [3.8, 4) is 5.75 Å². The Kier molecular flexibility index (Phi) is 10.5. The van der Waals surface area contributed by atoms with Crippen LogP contribution < -0.4 is 14.4 Å².